The fourth-order valence-corrected chi connectivity index (χ4v) is 4.15. The zero-order valence-corrected chi connectivity index (χ0v) is 19.8. The number of hydrogen-bond acceptors (Lipinski definition) is 6. The van der Waals surface area contributed by atoms with Crippen LogP contribution < -0.4 is 4.90 Å². The Balaban J connectivity index is 1.34. The van der Waals surface area contributed by atoms with Crippen LogP contribution in [0.4, 0.5) is 14.6 Å². The van der Waals surface area contributed by atoms with E-state index >= 15 is 0 Å². The first-order valence-electron chi connectivity index (χ1n) is 11.8. The highest BCUT2D eigenvalue weighted by Gasteiger charge is 2.24. The molecule has 0 unspecified atom stereocenters. The van der Waals surface area contributed by atoms with E-state index in [1.54, 1.807) is 35.5 Å². The van der Waals surface area contributed by atoms with Gasteiger partial charge in [0, 0.05) is 49.1 Å². The SMILES string of the molecule is CCc1cc(N2CCN(C(=O)Cn3nc(-c4ccc(F)cc4)nc3-c3ccc(F)cc3)CC2)ncn1. The summed E-state index contributed by atoms with van der Waals surface area (Å²) < 4.78 is 28.4. The topological polar surface area (TPSA) is 80.0 Å². The van der Waals surface area contributed by atoms with Gasteiger partial charge in [-0.2, -0.15) is 0 Å². The number of rotatable bonds is 6. The van der Waals surface area contributed by atoms with Crippen molar-refractivity contribution in [1.29, 1.82) is 0 Å². The number of benzene rings is 2. The van der Waals surface area contributed by atoms with Crippen molar-refractivity contribution in [2.75, 3.05) is 31.1 Å². The first kappa shape index (κ1) is 23.5. The van der Waals surface area contributed by atoms with E-state index in [-0.39, 0.29) is 24.1 Å². The molecule has 0 saturated carbocycles. The Hall–Kier alpha value is -4.21. The minimum absolute atomic E-state index is 0.0195. The van der Waals surface area contributed by atoms with Crippen LogP contribution in [0.3, 0.4) is 0 Å². The summed E-state index contributed by atoms with van der Waals surface area (Å²) in [5, 5.41) is 4.54. The first-order valence-corrected chi connectivity index (χ1v) is 11.8. The van der Waals surface area contributed by atoms with Gasteiger partial charge in [-0.25, -0.2) is 28.4 Å². The predicted octanol–water partition coefficient (Wildman–Crippen LogP) is 3.59. The van der Waals surface area contributed by atoms with Crippen molar-refractivity contribution in [2.45, 2.75) is 19.9 Å². The maximum absolute atomic E-state index is 13.5. The number of nitrogens with zero attached hydrogens (tertiary/aromatic N) is 7. The zero-order valence-electron chi connectivity index (χ0n) is 19.8. The second-order valence-corrected chi connectivity index (χ2v) is 8.52. The number of aryl methyl sites for hydroxylation is 1. The van der Waals surface area contributed by atoms with Crippen molar-refractivity contribution in [3.63, 3.8) is 0 Å². The highest BCUT2D eigenvalue weighted by Crippen LogP contribution is 2.24. The molecule has 1 saturated heterocycles. The van der Waals surface area contributed by atoms with Crippen LogP contribution in [-0.2, 0) is 17.8 Å². The number of hydrogen-bond donors (Lipinski definition) is 0. The Labute approximate surface area is 207 Å². The van der Waals surface area contributed by atoms with Crippen LogP contribution in [0.5, 0.6) is 0 Å². The van der Waals surface area contributed by atoms with E-state index < -0.39 is 0 Å². The van der Waals surface area contributed by atoms with Gasteiger partial charge in [-0.15, -0.1) is 5.10 Å². The summed E-state index contributed by atoms with van der Waals surface area (Å²) in [7, 11) is 0. The molecule has 0 aliphatic carbocycles. The van der Waals surface area contributed by atoms with Gasteiger partial charge in [-0.3, -0.25) is 4.79 Å². The van der Waals surface area contributed by atoms with Gasteiger partial charge in [-0.05, 0) is 55.0 Å². The first-order chi connectivity index (χ1) is 17.5. The number of halogens is 2. The van der Waals surface area contributed by atoms with Gasteiger partial charge < -0.3 is 9.80 Å². The van der Waals surface area contributed by atoms with Crippen LogP contribution in [0.15, 0.2) is 60.9 Å². The number of carbonyl (C=O) groups excluding carboxylic acids is 1. The smallest absolute Gasteiger partial charge is 0.244 e. The van der Waals surface area contributed by atoms with Crippen LogP contribution in [0.25, 0.3) is 22.8 Å². The maximum atomic E-state index is 13.5. The molecule has 0 radical (unpaired) electrons. The summed E-state index contributed by atoms with van der Waals surface area (Å²) in [6.45, 7) is 4.46. The molecule has 1 amide bonds. The molecular weight excluding hydrogens is 464 g/mol. The third-order valence-corrected chi connectivity index (χ3v) is 6.19. The highest BCUT2D eigenvalue weighted by atomic mass is 19.1. The number of piperazine rings is 1. The summed E-state index contributed by atoms with van der Waals surface area (Å²) in [6, 6.07) is 13.7. The fraction of sp³-hybridized carbons (Fsp3) is 0.269. The van der Waals surface area contributed by atoms with Gasteiger partial charge in [0.1, 0.15) is 30.3 Å². The minimum Gasteiger partial charge on any atom is -0.353 e. The summed E-state index contributed by atoms with van der Waals surface area (Å²) in [5.41, 5.74) is 2.23. The van der Waals surface area contributed by atoms with Gasteiger partial charge >= 0.3 is 0 Å². The van der Waals surface area contributed by atoms with Crippen molar-refractivity contribution < 1.29 is 13.6 Å². The second-order valence-electron chi connectivity index (χ2n) is 8.52. The lowest BCUT2D eigenvalue weighted by Crippen LogP contribution is -2.50. The molecule has 0 bridgehead atoms. The standard InChI is InChI=1S/C26H25F2N7O/c1-2-22-15-23(30-17-29-22)33-11-13-34(14-12-33)24(36)16-35-26(19-5-9-21(28)10-6-19)31-25(32-35)18-3-7-20(27)8-4-18/h3-10,15,17H,2,11-14,16H2,1H3. The molecule has 1 aliphatic heterocycles. The number of aromatic nitrogens is 5. The average molecular weight is 490 g/mol. The Kier molecular flexibility index (Phi) is 6.66. The molecule has 3 heterocycles. The van der Waals surface area contributed by atoms with E-state index in [1.165, 1.54) is 28.9 Å². The number of amides is 1. The molecule has 0 N–H and O–H groups in total. The van der Waals surface area contributed by atoms with E-state index in [0.29, 0.717) is 49.0 Å². The second kappa shape index (κ2) is 10.2. The van der Waals surface area contributed by atoms with Crippen LogP contribution in [0, 0.1) is 11.6 Å². The van der Waals surface area contributed by atoms with Crippen LogP contribution in [-0.4, -0.2) is 61.7 Å². The van der Waals surface area contributed by atoms with Gasteiger partial charge in [0.25, 0.3) is 0 Å². The zero-order chi connectivity index (χ0) is 25.1. The van der Waals surface area contributed by atoms with E-state index in [0.717, 1.165) is 17.9 Å². The molecule has 10 heteroatoms. The third-order valence-electron chi connectivity index (χ3n) is 6.19. The van der Waals surface area contributed by atoms with Crippen LogP contribution >= 0.6 is 0 Å². The molecule has 36 heavy (non-hydrogen) atoms. The Morgan fingerprint density at radius 3 is 2.17 bits per heavy atom. The maximum Gasteiger partial charge on any atom is 0.244 e. The Morgan fingerprint density at radius 1 is 0.889 bits per heavy atom. The van der Waals surface area contributed by atoms with Gasteiger partial charge in [0.15, 0.2) is 11.6 Å². The predicted molar refractivity (Wildman–Crippen MR) is 131 cm³/mol. The average Bonchev–Trinajstić information content (AvgIpc) is 3.33. The molecule has 184 valence electrons. The minimum atomic E-state index is -0.368. The lowest BCUT2D eigenvalue weighted by atomic mass is 10.2. The summed E-state index contributed by atoms with van der Waals surface area (Å²) in [5.74, 6) is 0.849. The molecule has 2 aromatic carbocycles. The van der Waals surface area contributed by atoms with E-state index in [1.807, 2.05) is 6.07 Å². The lowest BCUT2D eigenvalue weighted by molar-refractivity contribution is -0.132. The molecule has 0 atom stereocenters. The van der Waals surface area contributed by atoms with E-state index in [2.05, 4.69) is 31.9 Å². The van der Waals surface area contributed by atoms with Crippen molar-refractivity contribution >= 4 is 11.7 Å². The summed E-state index contributed by atoms with van der Waals surface area (Å²) in [6.07, 6.45) is 2.41. The Bertz CT molecular complexity index is 1350. The van der Waals surface area contributed by atoms with Crippen LogP contribution in [0.1, 0.15) is 12.6 Å². The molecule has 2 aromatic heterocycles. The van der Waals surface area contributed by atoms with Gasteiger partial charge in [0.05, 0.1) is 0 Å². The van der Waals surface area contributed by atoms with Gasteiger partial charge in [-0.1, -0.05) is 6.92 Å². The molecule has 8 nitrogen and oxygen atoms in total. The lowest BCUT2D eigenvalue weighted by Gasteiger charge is -2.35. The molecule has 1 fully saturated rings. The number of anilines is 1. The number of carbonyl (C=O) groups is 1. The highest BCUT2D eigenvalue weighted by molar-refractivity contribution is 5.77. The summed E-state index contributed by atoms with van der Waals surface area (Å²) >= 11 is 0. The largest absolute Gasteiger partial charge is 0.353 e. The van der Waals surface area contributed by atoms with Crippen molar-refractivity contribution in [2.24, 2.45) is 0 Å². The normalized spacial score (nSPS) is 13.8. The van der Waals surface area contributed by atoms with E-state index in [9.17, 15) is 13.6 Å². The third kappa shape index (κ3) is 5.07. The van der Waals surface area contributed by atoms with Crippen molar-refractivity contribution in [1.82, 2.24) is 29.6 Å². The van der Waals surface area contributed by atoms with Crippen molar-refractivity contribution in [3.8, 4) is 22.8 Å². The molecule has 4 aromatic rings. The molecule has 1 aliphatic rings. The molecule has 0 spiro atoms. The quantitative estimate of drug-likeness (QED) is 0.412. The summed E-state index contributed by atoms with van der Waals surface area (Å²) in [4.78, 5) is 30.4. The van der Waals surface area contributed by atoms with Gasteiger partial charge in [0.2, 0.25) is 5.91 Å². The fourth-order valence-electron chi connectivity index (χ4n) is 4.15. The van der Waals surface area contributed by atoms with Crippen molar-refractivity contribution in [3.05, 3.63) is 78.3 Å². The Morgan fingerprint density at radius 2 is 1.53 bits per heavy atom. The van der Waals surface area contributed by atoms with Crippen LogP contribution in [0.2, 0.25) is 0 Å². The molecule has 5 rings (SSSR count). The monoisotopic (exact) mass is 489 g/mol. The molecular formula is C26H25F2N7O. The van der Waals surface area contributed by atoms with E-state index in [4.69, 9.17) is 0 Å².